The van der Waals surface area contributed by atoms with E-state index in [1.807, 2.05) is 0 Å². The summed E-state index contributed by atoms with van der Waals surface area (Å²) in [5.74, 6) is -0.840. The Bertz CT molecular complexity index is 194. The van der Waals surface area contributed by atoms with E-state index in [9.17, 15) is 9.59 Å². The van der Waals surface area contributed by atoms with Gasteiger partial charge in [0.2, 0.25) is 0 Å². The van der Waals surface area contributed by atoms with Crippen molar-refractivity contribution in [3.05, 3.63) is 9.47 Å². The molecule has 0 unspecified atom stereocenters. The number of rotatable bonds is 3. The van der Waals surface area contributed by atoms with Gasteiger partial charge in [-0.1, -0.05) is 0 Å². The first-order chi connectivity index (χ1) is 5.06. The van der Waals surface area contributed by atoms with Crippen molar-refractivity contribution in [2.24, 2.45) is 0 Å². The number of ketones is 1. The van der Waals surface area contributed by atoms with Crippen molar-refractivity contribution >= 4 is 43.6 Å². The molecule has 0 amide bonds. The fraction of sp³-hybridized carbons (Fsp3) is 0.333. The lowest BCUT2D eigenvalue weighted by Gasteiger charge is -1.93. The Kier molecular flexibility index (Phi) is 5.41. The summed E-state index contributed by atoms with van der Waals surface area (Å²) in [6.45, 7) is 0. The standard InChI is InChI=1S/C6H6Br2O3/c1-11-6(10)3-4(9)2-5(7)8/h2H,3H2,1H3. The maximum absolute atomic E-state index is 10.8. The van der Waals surface area contributed by atoms with Gasteiger partial charge in [0.25, 0.3) is 0 Å². The van der Waals surface area contributed by atoms with Gasteiger partial charge in [-0.15, -0.1) is 0 Å². The van der Waals surface area contributed by atoms with Crippen LogP contribution in [0.3, 0.4) is 0 Å². The molecule has 0 aromatic carbocycles. The molecule has 0 fully saturated rings. The Morgan fingerprint density at radius 2 is 2.00 bits per heavy atom. The zero-order chi connectivity index (χ0) is 8.85. The van der Waals surface area contributed by atoms with E-state index in [0.717, 1.165) is 0 Å². The lowest BCUT2D eigenvalue weighted by atomic mass is 10.3. The molecule has 0 aliphatic heterocycles. The second kappa shape index (κ2) is 5.49. The van der Waals surface area contributed by atoms with Gasteiger partial charge in [-0.05, 0) is 31.9 Å². The Balaban J connectivity index is 3.89. The predicted octanol–water partition coefficient (Wildman–Crippen LogP) is 1.75. The Morgan fingerprint density at radius 1 is 1.45 bits per heavy atom. The van der Waals surface area contributed by atoms with E-state index in [2.05, 4.69) is 36.6 Å². The smallest absolute Gasteiger partial charge is 0.313 e. The molecule has 0 aromatic rings. The summed E-state index contributed by atoms with van der Waals surface area (Å²) in [6.07, 6.45) is 1.04. The molecule has 0 aliphatic carbocycles. The number of carbonyl (C=O) groups excluding carboxylic acids is 2. The van der Waals surface area contributed by atoms with Crippen LogP contribution in [0.2, 0.25) is 0 Å². The number of hydrogen-bond acceptors (Lipinski definition) is 3. The molecule has 0 rings (SSSR count). The SMILES string of the molecule is COC(=O)CC(=O)C=C(Br)Br. The van der Waals surface area contributed by atoms with Crippen molar-refractivity contribution in [1.82, 2.24) is 0 Å². The first-order valence-corrected chi connectivity index (χ1v) is 4.27. The fourth-order valence-corrected chi connectivity index (χ4v) is 0.898. The number of hydrogen-bond donors (Lipinski definition) is 0. The minimum atomic E-state index is -0.535. The molecule has 0 heterocycles. The van der Waals surface area contributed by atoms with Gasteiger partial charge in [0, 0.05) is 6.08 Å². The largest absolute Gasteiger partial charge is 0.469 e. The minimum Gasteiger partial charge on any atom is -0.469 e. The van der Waals surface area contributed by atoms with Crippen LogP contribution in [0.5, 0.6) is 0 Å². The van der Waals surface area contributed by atoms with Gasteiger partial charge in [-0.3, -0.25) is 9.59 Å². The van der Waals surface area contributed by atoms with Crippen molar-refractivity contribution in [3.8, 4) is 0 Å². The summed E-state index contributed by atoms with van der Waals surface area (Å²) < 4.78 is 4.80. The molecule has 0 aliphatic rings. The van der Waals surface area contributed by atoms with Crippen LogP contribution in [0.1, 0.15) is 6.42 Å². The molecular formula is C6H6Br2O3. The number of esters is 1. The van der Waals surface area contributed by atoms with E-state index in [-0.39, 0.29) is 12.2 Å². The highest BCUT2D eigenvalue weighted by Gasteiger charge is 2.06. The van der Waals surface area contributed by atoms with Gasteiger partial charge in [-0.2, -0.15) is 0 Å². The lowest BCUT2D eigenvalue weighted by Crippen LogP contribution is -2.06. The topological polar surface area (TPSA) is 43.4 Å². The number of ether oxygens (including phenoxy) is 1. The van der Waals surface area contributed by atoms with Crippen LogP contribution in [-0.2, 0) is 14.3 Å². The number of halogens is 2. The van der Waals surface area contributed by atoms with Crippen LogP contribution in [0.25, 0.3) is 0 Å². The molecule has 0 spiro atoms. The van der Waals surface area contributed by atoms with Crippen LogP contribution in [-0.4, -0.2) is 18.9 Å². The molecule has 0 aromatic heterocycles. The number of carbonyl (C=O) groups is 2. The molecule has 0 radical (unpaired) electrons. The van der Waals surface area contributed by atoms with Gasteiger partial charge in [-0.25, -0.2) is 0 Å². The quantitative estimate of drug-likeness (QED) is 0.451. The highest BCUT2D eigenvalue weighted by atomic mass is 79.9. The zero-order valence-corrected chi connectivity index (χ0v) is 8.94. The minimum absolute atomic E-state index is 0.225. The predicted molar refractivity (Wildman–Crippen MR) is 47.6 cm³/mol. The van der Waals surface area contributed by atoms with Gasteiger partial charge in [0.05, 0.1) is 10.5 Å². The van der Waals surface area contributed by atoms with Crippen LogP contribution in [0.4, 0.5) is 0 Å². The summed E-state index contributed by atoms with van der Waals surface area (Å²) >= 11 is 5.98. The van der Waals surface area contributed by atoms with Crippen LogP contribution in [0, 0.1) is 0 Å². The van der Waals surface area contributed by atoms with E-state index in [1.54, 1.807) is 0 Å². The molecule has 0 N–H and O–H groups in total. The first kappa shape index (κ1) is 10.8. The number of allylic oxidation sites excluding steroid dienone is 1. The molecule has 0 saturated heterocycles. The first-order valence-electron chi connectivity index (χ1n) is 2.68. The fourth-order valence-electron chi connectivity index (χ4n) is 0.387. The van der Waals surface area contributed by atoms with Crippen molar-refractivity contribution in [2.75, 3.05) is 7.11 Å². The van der Waals surface area contributed by atoms with Gasteiger partial charge in [0.1, 0.15) is 6.42 Å². The maximum atomic E-state index is 10.8. The summed E-state index contributed by atoms with van der Waals surface area (Å²) in [4.78, 5) is 21.3. The number of methoxy groups -OCH3 is 1. The van der Waals surface area contributed by atoms with Crippen molar-refractivity contribution < 1.29 is 14.3 Å². The van der Waals surface area contributed by atoms with E-state index in [0.29, 0.717) is 3.39 Å². The van der Waals surface area contributed by atoms with Crippen LogP contribution < -0.4 is 0 Å². The normalized spacial score (nSPS) is 8.64. The second-order valence-electron chi connectivity index (χ2n) is 1.65. The van der Waals surface area contributed by atoms with Crippen molar-refractivity contribution in [2.45, 2.75) is 6.42 Å². The monoisotopic (exact) mass is 284 g/mol. The van der Waals surface area contributed by atoms with E-state index in [4.69, 9.17) is 0 Å². The molecule has 62 valence electrons. The average molecular weight is 286 g/mol. The molecule has 3 nitrogen and oxygen atoms in total. The maximum Gasteiger partial charge on any atom is 0.313 e. The third-order valence-electron chi connectivity index (χ3n) is 0.816. The summed E-state index contributed by atoms with van der Waals surface area (Å²) in [5.41, 5.74) is 0. The average Bonchev–Trinajstić information content (AvgIpc) is 1.85. The molecule has 5 heteroatoms. The molecule has 0 bridgehead atoms. The highest BCUT2D eigenvalue weighted by molar-refractivity contribution is 9.28. The Hall–Kier alpha value is -0.160. The summed E-state index contributed by atoms with van der Waals surface area (Å²) in [6, 6.07) is 0. The Labute approximate surface area is 81.0 Å². The van der Waals surface area contributed by atoms with E-state index < -0.39 is 5.97 Å². The third-order valence-corrected chi connectivity index (χ3v) is 1.27. The zero-order valence-electron chi connectivity index (χ0n) is 5.77. The summed E-state index contributed by atoms with van der Waals surface area (Å²) in [7, 11) is 1.24. The molecule has 0 atom stereocenters. The molecular weight excluding hydrogens is 280 g/mol. The van der Waals surface area contributed by atoms with E-state index in [1.165, 1.54) is 13.2 Å². The van der Waals surface area contributed by atoms with Crippen molar-refractivity contribution in [3.63, 3.8) is 0 Å². The summed E-state index contributed by atoms with van der Waals surface area (Å²) in [5, 5.41) is 0. The Morgan fingerprint density at radius 3 is 2.36 bits per heavy atom. The van der Waals surface area contributed by atoms with Gasteiger partial charge < -0.3 is 4.74 Å². The molecule has 11 heavy (non-hydrogen) atoms. The van der Waals surface area contributed by atoms with Gasteiger partial charge >= 0.3 is 5.97 Å². The van der Waals surface area contributed by atoms with Gasteiger partial charge in [0.15, 0.2) is 5.78 Å². The van der Waals surface area contributed by atoms with Crippen LogP contribution in [0.15, 0.2) is 9.47 Å². The lowest BCUT2D eigenvalue weighted by molar-refractivity contribution is -0.142. The van der Waals surface area contributed by atoms with Crippen molar-refractivity contribution in [1.29, 1.82) is 0 Å². The highest BCUT2D eigenvalue weighted by Crippen LogP contribution is 2.12. The van der Waals surface area contributed by atoms with E-state index >= 15 is 0 Å². The van der Waals surface area contributed by atoms with Crippen LogP contribution >= 0.6 is 31.9 Å². The second-order valence-corrected chi connectivity index (χ2v) is 4.43. The third kappa shape index (κ3) is 6.25. The molecule has 0 saturated carbocycles.